The van der Waals surface area contributed by atoms with Gasteiger partial charge in [-0.3, -0.25) is 0 Å². The van der Waals surface area contributed by atoms with Crippen LogP contribution >= 0.6 is 0 Å². The molecule has 17 heavy (non-hydrogen) atoms. The Hall–Kier alpha value is -1.66. The van der Waals surface area contributed by atoms with Crippen LogP contribution in [0.4, 0.5) is 14.9 Å². The minimum Gasteiger partial charge on any atom is -0.393 e. The topological polar surface area (TPSA) is 81.6 Å². The maximum Gasteiger partial charge on any atom is 0.319 e. The van der Waals surface area contributed by atoms with Crippen LogP contribution in [0.5, 0.6) is 0 Å². The molecule has 0 fully saturated rings. The van der Waals surface area contributed by atoms with E-state index in [4.69, 9.17) is 5.11 Å². The lowest BCUT2D eigenvalue weighted by Gasteiger charge is -2.20. The predicted octanol–water partition coefficient (Wildman–Crippen LogP) is 0.690. The van der Waals surface area contributed by atoms with Gasteiger partial charge in [-0.2, -0.15) is 0 Å². The van der Waals surface area contributed by atoms with Crippen LogP contribution in [0.3, 0.4) is 0 Å². The normalized spacial score (nSPS) is 13.9. The van der Waals surface area contributed by atoms with Gasteiger partial charge in [-0.25, -0.2) is 9.18 Å². The van der Waals surface area contributed by atoms with Gasteiger partial charge in [0.1, 0.15) is 11.4 Å². The first-order valence-electron chi connectivity index (χ1n) is 5.06. The Morgan fingerprint density at radius 2 is 2.24 bits per heavy atom. The summed E-state index contributed by atoms with van der Waals surface area (Å²) in [6.45, 7) is 0.813. The summed E-state index contributed by atoms with van der Waals surface area (Å²) in [4.78, 5) is 11.3. The molecule has 0 spiro atoms. The van der Waals surface area contributed by atoms with Crippen LogP contribution in [0.15, 0.2) is 24.3 Å². The SMILES string of the molecule is CC(O)(CO)CNC(=O)Nc1cccc(F)c1. The molecule has 4 N–H and O–H groups in total. The molecule has 1 unspecified atom stereocenters. The second-order valence-corrected chi connectivity index (χ2v) is 3.97. The quantitative estimate of drug-likeness (QED) is 0.627. The molecule has 1 atom stereocenters. The number of aliphatic hydroxyl groups is 2. The number of halogens is 1. The monoisotopic (exact) mass is 242 g/mol. The summed E-state index contributed by atoms with van der Waals surface area (Å²) in [6.07, 6.45) is 0. The van der Waals surface area contributed by atoms with Crippen molar-refractivity contribution in [3.05, 3.63) is 30.1 Å². The number of anilines is 1. The van der Waals surface area contributed by atoms with Crippen molar-refractivity contribution >= 4 is 11.7 Å². The van der Waals surface area contributed by atoms with E-state index in [0.717, 1.165) is 0 Å². The minimum atomic E-state index is -1.38. The smallest absolute Gasteiger partial charge is 0.319 e. The van der Waals surface area contributed by atoms with Crippen molar-refractivity contribution in [2.24, 2.45) is 0 Å². The summed E-state index contributed by atoms with van der Waals surface area (Å²) in [5, 5.41) is 22.9. The first-order valence-corrected chi connectivity index (χ1v) is 5.06. The molecule has 0 radical (unpaired) electrons. The van der Waals surface area contributed by atoms with Crippen LogP contribution in [0.1, 0.15) is 6.92 Å². The highest BCUT2D eigenvalue weighted by Crippen LogP contribution is 2.08. The Kier molecular flexibility index (Phi) is 4.42. The van der Waals surface area contributed by atoms with E-state index in [1.165, 1.54) is 31.2 Å². The maximum atomic E-state index is 12.8. The molecule has 1 rings (SSSR count). The number of hydrogen-bond acceptors (Lipinski definition) is 3. The van der Waals surface area contributed by atoms with Crippen LogP contribution in [-0.2, 0) is 0 Å². The molecule has 1 aromatic carbocycles. The van der Waals surface area contributed by atoms with Gasteiger partial charge in [0.05, 0.1) is 13.2 Å². The molecule has 0 heterocycles. The molecule has 1 aromatic rings. The zero-order valence-corrected chi connectivity index (χ0v) is 9.40. The number of rotatable bonds is 4. The average Bonchev–Trinajstić information content (AvgIpc) is 2.27. The Balaban J connectivity index is 2.45. The highest BCUT2D eigenvalue weighted by atomic mass is 19.1. The van der Waals surface area contributed by atoms with Gasteiger partial charge in [0, 0.05) is 5.69 Å². The van der Waals surface area contributed by atoms with Crippen LogP contribution in [0.2, 0.25) is 0 Å². The van der Waals surface area contributed by atoms with E-state index in [9.17, 15) is 14.3 Å². The van der Waals surface area contributed by atoms with Crippen LogP contribution < -0.4 is 10.6 Å². The minimum absolute atomic E-state index is 0.106. The van der Waals surface area contributed by atoms with E-state index in [1.54, 1.807) is 0 Å². The molecule has 0 aliphatic rings. The molecular weight excluding hydrogens is 227 g/mol. The number of hydrogen-bond donors (Lipinski definition) is 4. The van der Waals surface area contributed by atoms with Crippen LogP contribution in [0, 0.1) is 5.82 Å². The van der Waals surface area contributed by atoms with Crippen LogP contribution in [0.25, 0.3) is 0 Å². The lowest BCUT2D eigenvalue weighted by molar-refractivity contribution is 0.00514. The lowest BCUT2D eigenvalue weighted by Crippen LogP contribution is -2.44. The van der Waals surface area contributed by atoms with Crippen molar-refractivity contribution in [3.8, 4) is 0 Å². The molecule has 0 aliphatic heterocycles. The molecule has 0 bridgehead atoms. The van der Waals surface area contributed by atoms with Crippen molar-refractivity contribution in [1.29, 1.82) is 0 Å². The summed E-state index contributed by atoms with van der Waals surface area (Å²) < 4.78 is 12.8. The standard InChI is InChI=1S/C11H15FN2O3/c1-11(17,7-15)6-13-10(16)14-9-4-2-3-8(12)5-9/h2-5,15,17H,6-7H2,1H3,(H2,13,14,16). The zero-order valence-electron chi connectivity index (χ0n) is 9.40. The molecule has 0 saturated carbocycles. The van der Waals surface area contributed by atoms with E-state index in [0.29, 0.717) is 5.69 Å². The van der Waals surface area contributed by atoms with E-state index in [-0.39, 0.29) is 6.54 Å². The first kappa shape index (κ1) is 13.4. The molecular formula is C11H15FN2O3. The van der Waals surface area contributed by atoms with Gasteiger partial charge in [-0.1, -0.05) is 6.07 Å². The number of amides is 2. The fourth-order valence-electron chi connectivity index (χ4n) is 1.07. The fourth-order valence-corrected chi connectivity index (χ4v) is 1.07. The first-order chi connectivity index (χ1) is 7.93. The fraction of sp³-hybridized carbons (Fsp3) is 0.364. The van der Waals surface area contributed by atoms with Gasteiger partial charge in [0.25, 0.3) is 0 Å². The Bertz CT molecular complexity index is 396. The van der Waals surface area contributed by atoms with E-state index >= 15 is 0 Å². The average molecular weight is 242 g/mol. The number of urea groups is 1. The highest BCUT2D eigenvalue weighted by molar-refractivity contribution is 5.89. The summed E-state index contributed by atoms with van der Waals surface area (Å²) >= 11 is 0. The Morgan fingerprint density at radius 1 is 1.53 bits per heavy atom. The Labute approximate surface area is 98.3 Å². The van der Waals surface area contributed by atoms with Crippen molar-refractivity contribution < 1.29 is 19.4 Å². The largest absolute Gasteiger partial charge is 0.393 e. The predicted molar refractivity (Wildman–Crippen MR) is 61.1 cm³/mol. The zero-order chi connectivity index (χ0) is 12.9. The summed E-state index contributed by atoms with van der Waals surface area (Å²) in [6, 6.07) is 4.86. The molecule has 5 nitrogen and oxygen atoms in total. The van der Waals surface area contributed by atoms with Gasteiger partial charge < -0.3 is 20.8 Å². The van der Waals surface area contributed by atoms with Crippen molar-refractivity contribution in [2.75, 3.05) is 18.5 Å². The van der Waals surface area contributed by atoms with Gasteiger partial charge >= 0.3 is 6.03 Å². The van der Waals surface area contributed by atoms with Gasteiger partial charge in [-0.15, -0.1) is 0 Å². The summed E-state index contributed by atoms with van der Waals surface area (Å²) in [5.41, 5.74) is -1.06. The third kappa shape index (κ3) is 4.80. The number of aliphatic hydroxyl groups excluding tert-OH is 1. The molecule has 0 aliphatic carbocycles. The van der Waals surface area contributed by atoms with Crippen LogP contribution in [-0.4, -0.2) is 35.0 Å². The molecule has 6 heteroatoms. The highest BCUT2D eigenvalue weighted by Gasteiger charge is 2.19. The third-order valence-electron chi connectivity index (χ3n) is 2.05. The van der Waals surface area contributed by atoms with Crippen molar-refractivity contribution in [1.82, 2.24) is 5.32 Å². The molecule has 94 valence electrons. The van der Waals surface area contributed by atoms with Crippen molar-refractivity contribution in [2.45, 2.75) is 12.5 Å². The third-order valence-corrected chi connectivity index (χ3v) is 2.05. The van der Waals surface area contributed by atoms with E-state index in [2.05, 4.69) is 10.6 Å². The molecule has 2 amide bonds. The van der Waals surface area contributed by atoms with E-state index < -0.39 is 24.1 Å². The maximum absolute atomic E-state index is 12.8. The van der Waals surface area contributed by atoms with Gasteiger partial charge in [-0.05, 0) is 25.1 Å². The van der Waals surface area contributed by atoms with Gasteiger partial charge in [0.15, 0.2) is 0 Å². The second kappa shape index (κ2) is 5.60. The number of carbonyl (C=O) groups is 1. The molecule has 0 aromatic heterocycles. The lowest BCUT2D eigenvalue weighted by atomic mass is 10.1. The van der Waals surface area contributed by atoms with Gasteiger partial charge in [0.2, 0.25) is 0 Å². The number of nitrogens with one attached hydrogen (secondary N) is 2. The van der Waals surface area contributed by atoms with E-state index in [1.807, 2.05) is 0 Å². The number of carbonyl (C=O) groups excluding carboxylic acids is 1. The Morgan fingerprint density at radius 3 is 2.82 bits per heavy atom. The second-order valence-electron chi connectivity index (χ2n) is 3.97. The number of benzene rings is 1. The summed E-state index contributed by atoms with van der Waals surface area (Å²) in [5.74, 6) is -0.454. The van der Waals surface area contributed by atoms with Crippen molar-refractivity contribution in [3.63, 3.8) is 0 Å². The molecule has 0 saturated heterocycles. The summed E-state index contributed by atoms with van der Waals surface area (Å²) in [7, 11) is 0.